The molecule has 0 bridgehead atoms. The van der Waals surface area contributed by atoms with E-state index >= 15 is 0 Å². The van der Waals surface area contributed by atoms with Crippen LogP contribution in [0.4, 0.5) is 0 Å². The molecule has 508 valence electrons. The second-order valence-electron chi connectivity index (χ2n) is 27.2. The highest BCUT2D eigenvalue weighted by Crippen LogP contribution is 2.72. The zero-order valence-electron chi connectivity index (χ0n) is 53.7. The van der Waals surface area contributed by atoms with E-state index in [-0.39, 0.29) is 109 Å². The van der Waals surface area contributed by atoms with E-state index in [1.807, 2.05) is 0 Å². The van der Waals surface area contributed by atoms with Gasteiger partial charge in [0.15, 0.2) is 0 Å². The van der Waals surface area contributed by atoms with E-state index in [2.05, 4.69) is 0 Å². The summed E-state index contributed by atoms with van der Waals surface area (Å²) in [6.07, 6.45) is -3.11. The Hall–Kier alpha value is -13.0. The van der Waals surface area contributed by atoms with E-state index < -0.39 is 77.3 Å². The molecule has 0 amide bonds. The molecule has 2 aliphatic carbocycles. The molecule has 18 nitrogen and oxygen atoms in total. The van der Waals surface area contributed by atoms with Crippen LogP contribution in [0.25, 0.3) is 0 Å². The number of benzene rings is 12. The number of ether oxygens (including phenoxy) is 3. The molecule has 0 spiro atoms. The van der Waals surface area contributed by atoms with Crippen molar-refractivity contribution in [2.75, 3.05) is 0 Å². The summed E-state index contributed by atoms with van der Waals surface area (Å²) >= 11 is 0. The first-order valence-electron chi connectivity index (χ1n) is 33.2. The van der Waals surface area contributed by atoms with Crippen molar-refractivity contribution < 1.29 is 90.8 Å². The van der Waals surface area contributed by atoms with Crippen molar-refractivity contribution >= 4 is 0 Å². The number of hydrogen-bond donors (Lipinski definition) is 15. The highest BCUT2D eigenvalue weighted by atomic mass is 16.5. The lowest BCUT2D eigenvalue weighted by Gasteiger charge is -2.48. The number of aromatic hydroxyl groups is 15. The highest BCUT2D eigenvalue weighted by molar-refractivity contribution is 5.71. The SMILES string of the molecule is Oc1ccc(C2Oc3cc(O)cc(C4C(c5ccc(O)cc5)c5c(O)cc(O)cc5C5c6c(cc(O)cc6C4C(c4ccc(O)cc4)C4c6cc(O)cc7c6C(c6cc(O)cc(O)c6C4c4ccc(O)cc4)C(c4ccc(O)cc4)O7)OC5c4ccc(O)cc4)c3C2c2cc(O)cc(O)c2)cc1. The van der Waals surface area contributed by atoms with Crippen LogP contribution in [0.15, 0.2) is 224 Å². The Labute approximate surface area is 582 Å². The van der Waals surface area contributed by atoms with Gasteiger partial charge in [-0.15, -0.1) is 0 Å². The van der Waals surface area contributed by atoms with E-state index in [1.165, 1.54) is 121 Å². The molecule has 0 radical (unpaired) electrons. The van der Waals surface area contributed by atoms with Gasteiger partial charge in [-0.3, -0.25) is 0 Å². The third-order valence-corrected chi connectivity index (χ3v) is 21.4. The van der Waals surface area contributed by atoms with Crippen LogP contribution in [-0.2, 0) is 0 Å². The summed E-state index contributed by atoms with van der Waals surface area (Å²) in [7, 11) is 0. The van der Waals surface area contributed by atoms with E-state index in [0.717, 1.165) is 0 Å². The summed E-state index contributed by atoms with van der Waals surface area (Å²) in [5.74, 6) is -13.7. The lowest BCUT2D eigenvalue weighted by Crippen LogP contribution is -2.34. The minimum absolute atomic E-state index is 0.0351. The number of phenolic OH excluding ortho intramolecular Hbond substituents is 15. The maximum absolute atomic E-state index is 13.5. The van der Waals surface area contributed by atoms with E-state index in [1.54, 1.807) is 103 Å². The van der Waals surface area contributed by atoms with Crippen molar-refractivity contribution in [3.05, 3.63) is 319 Å². The van der Waals surface area contributed by atoms with Gasteiger partial charge in [0.25, 0.3) is 0 Å². The fourth-order valence-corrected chi connectivity index (χ4v) is 17.7. The van der Waals surface area contributed by atoms with E-state index in [9.17, 15) is 76.6 Å². The summed E-state index contributed by atoms with van der Waals surface area (Å²) in [4.78, 5) is 0. The van der Waals surface area contributed by atoms with Crippen LogP contribution in [0, 0.1) is 0 Å². The molecule has 0 fully saturated rings. The minimum atomic E-state index is -1.35. The first-order chi connectivity index (χ1) is 49.2. The first-order valence-corrected chi connectivity index (χ1v) is 33.2. The number of rotatable bonds is 10. The Morgan fingerprint density at radius 1 is 0.216 bits per heavy atom. The van der Waals surface area contributed by atoms with Crippen LogP contribution in [0.5, 0.6) is 103 Å². The van der Waals surface area contributed by atoms with Crippen molar-refractivity contribution in [1.82, 2.24) is 0 Å². The van der Waals surface area contributed by atoms with Crippen LogP contribution >= 0.6 is 0 Å². The second kappa shape index (κ2) is 23.6. The van der Waals surface area contributed by atoms with Crippen LogP contribution in [0.3, 0.4) is 0 Å². The average Bonchev–Trinajstić information content (AvgIpc) is 1.42. The zero-order valence-corrected chi connectivity index (χ0v) is 53.7. The van der Waals surface area contributed by atoms with Gasteiger partial charge in [-0.25, -0.2) is 0 Å². The van der Waals surface area contributed by atoms with Gasteiger partial charge in [-0.05, 0) is 194 Å². The van der Waals surface area contributed by atoms with Crippen molar-refractivity contribution in [1.29, 1.82) is 0 Å². The topological polar surface area (TPSA) is 331 Å². The molecule has 0 saturated carbocycles. The number of phenols is 15. The Morgan fingerprint density at radius 3 is 0.931 bits per heavy atom. The molecule has 0 saturated heterocycles. The molecule has 12 aromatic rings. The second-order valence-corrected chi connectivity index (χ2v) is 27.2. The molecule has 18 heteroatoms. The molecule has 15 N–H and O–H groups in total. The predicted molar refractivity (Wildman–Crippen MR) is 373 cm³/mol. The number of hydrogen-bond acceptors (Lipinski definition) is 18. The van der Waals surface area contributed by atoms with E-state index in [4.69, 9.17) is 14.2 Å². The smallest absolute Gasteiger partial charge is 0.135 e. The Bertz CT molecular complexity index is 5310. The van der Waals surface area contributed by atoms with Crippen LogP contribution in [0.1, 0.15) is 166 Å². The molecule has 102 heavy (non-hydrogen) atoms. The lowest BCUT2D eigenvalue weighted by atomic mass is 9.54. The maximum Gasteiger partial charge on any atom is 0.135 e. The molecule has 12 unspecified atom stereocenters. The Kier molecular flexibility index (Phi) is 14.5. The van der Waals surface area contributed by atoms with Gasteiger partial charge in [-0.1, -0.05) is 72.8 Å². The summed E-state index contributed by atoms with van der Waals surface area (Å²) in [6.45, 7) is 0. The van der Waals surface area contributed by atoms with Gasteiger partial charge in [0.1, 0.15) is 122 Å². The highest BCUT2D eigenvalue weighted by Gasteiger charge is 2.57. The van der Waals surface area contributed by atoms with Gasteiger partial charge in [0.05, 0.1) is 17.8 Å². The molecule has 3 heterocycles. The molecule has 17 rings (SSSR count). The van der Waals surface area contributed by atoms with Gasteiger partial charge >= 0.3 is 0 Å². The van der Waals surface area contributed by atoms with Crippen molar-refractivity contribution in [2.24, 2.45) is 0 Å². The fraction of sp³-hybridized carbons (Fsp3) is 0.143. The minimum Gasteiger partial charge on any atom is -0.508 e. The molecular weight excluding hydrogens is 1300 g/mol. The monoisotopic (exact) mass is 1360 g/mol. The third-order valence-electron chi connectivity index (χ3n) is 21.4. The summed E-state index contributed by atoms with van der Waals surface area (Å²) in [5.41, 5.74) is 6.89. The van der Waals surface area contributed by atoms with E-state index in [0.29, 0.717) is 83.5 Å². The molecular formula is C84H64O18. The number of fused-ring (bicyclic) bond motifs is 5. The summed E-state index contributed by atoms with van der Waals surface area (Å²) in [6, 6.07) is 57.4. The Balaban J connectivity index is 1.08. The van der Waals surface area contributed by atoms with Gasteiger partial charge in [-0.2, -0.15) is 0 Å². The third kappa shape index (κ3) is 10.2. The maximum atomic E-state index is 13.5. The first kappa shape index (κ1) is 62.6. The Morgan fingerprint density at radius 2 is 0.520 bits per heavy atom. The summed E-state index contributed by atoms with van der Waals surface area (Å²) in [5, 5.41) is 180. The van der Waals surface area contributed by atoms with Crippen LogP contribution in [0.2, 0.25) is 0 Å². The molecule has 12 aromatic carbocycles. The molecule has 5 aliphatic rings. The van der Waals surface area contributed by atoms with Crippen LogP contribution in [-0.4, -0.2) is 76.6 Å². The van der Waals surface area contributed by atoms with Gasteiger partial charge in [0, 0.05) is 87.9 Å². The largest absolute Gasteiger partial charge is 0.508 e. The average molecular weight is 1360 g/mol. The van der Waals surface area contributed by atoms with Crippen LogP contribution < -0.4 is 14.2 Å². The quantitative estimate of drug-likeness (QED) is 0.0605. The van der Waals surface area contributed by atoms with Gasteiger partial charge < -0.3 is 90.8 Å². The standard InChI is InChI=1S/C84H64O18/c85-45-13-1-38(2-14-45)68-72-58(28-53(93)33-63(72)98)80-75-61(31-56(96)36-66(75)101-83(80)42-9-21-49(89)22-10-42)77(68)70(40-5-17-47(87)18-6-40)79-62-32-57(97)37-67-76(62)81(84(102-67)43-11-23-50(90)24-12-43)59-29-54(94)34-64(99)73(59)69(39-3-15-46(86)16-4-39)78(79)60-30-55(95)35-65-74(60)71(44-25-51(91)27-52(92)26-44)82(100-65)41-7-19-48(88)20-8-41/h1-37,68-71,77-99H. The lowest BCUT2D eigenvalue weighted by molar-refractivity contribution is 0.220. The predicted octanol–water partition coefficient (Wildman–Crippen LogP) is 15.8. The molecule has 3 aliphatic heterocycles. The summed E-state index contributed by atoms with van der Waals surface area (Å²) < 4.78 is 21.6. The van der Waals surface area contributed by atoms with Crippen molar-refractivity contribution in [3.63, 3.8) is 0 Å². The molecule has 12 atom stereocenters. The molecule has 0 aromatic heterocycles. The normalized spacial score (nSPS) is 22.0. The fourth-order valence-electron chi connectivity index (χ4n) is 17.7. The van der Waals surface area contributed by atoms with Crippen molar-refractivity contribution in [3.8, 4) is 103 Å². The zero-order chi connectivity index (χ0) is 70.4. The van der Waals surface area contributed by atoms with Crippen molar-refractivity contribution in [2.45, 2.75) is 71.6 Å². The van der Waals surface area contributed by atoms with Gasteiger partial charge in [0.2, 0.25) is 0 Å².